The third kappa shape index (κ3) is 2.35. The van der Waals surface area contributed by atoms with Gasteiger partial charge in [-0.05, 0) is 6.42 Å². The van der Waals surface area contributed by atoms with Crippen LogP contribution in [0.2, 0.25) is 0 Å². The normalized spacial score (nSPS) is 12.4. The van der Waals surface area contributed by atoms with Gasteiger partial charge in [0.05, 0.1) is 12.1 Å². The van der Waals surface area contributed by atoms with Gasteiger partial charge in [-0.25, -0.2) is 4.98 Å². The summed E-state index contributed by atoms with van der Waals surface area (Å²) < 4.78 is 1.65. The maximum atomic E-state index is 8.34. The van der Waals surface area contributed by atoms with E-state index in [0.29, 0.717) is 13.0 Å². The van der Waals surface area contributed by atoms with E-state index in [9.17, 15) is 0 Å². The first-order valence-electron chi connectivity index (χ1n) is 3.30. The highest BCUT2D eigenvalue weighted by Crippen LogP contribution is 1.89. The maximum Gasteiger partial charge on any atom is 0.137 e. The molecule has 0 fully saturated rings. The van der Waals surface area contributed by atoms with Crippen LogP contribution in [0.4, 0.5) is 0 Å². The van der Waals surface area contributed by atoms with Crippen LogP contribution in [0.3, 0.4) is 0 Å². The van der Waals surface area contributed by atoms with Gasteiger partial charge in [0.1, 0.15) is 12.7 Å². The van der Waals surface area contributed by atoms with Crippen LogP contribution < -0.4 is 5.73 Å². The molecular formula is C6H9N5. The molecule has 1 rings (SSSR count). The van der Waals surface area contributed by atoms with Crippen LogP contribution in [-0.4, -0.2) is 20.8 Å². The average Bonchev–Trinajstić information content (AvgIpc) is 2.52. The van der Waals surface area contributed by atoms with Crippen LogP contribution in [0.5, 0.6) is 0 Å². The Hall–Kier alpha value is -1.41. The van der Waals surface area contributed by atoms with Gasteiger partial charge in [-0.3, -0.25) is 4.68 Å². The third-order valence-corrected chi connectivity index (χ3v) is 1.30. The molecule has 1 unspecified atom stereocenters. The van der Waals surface area contributed by atoms with Crippen LogP contribution in [0.15, 0.2) is 12.7 Å². The van der Waals surface area contributed by atoms with E-state index in [2.05, 4.69) is 10.1 Å². The second kappa shape index (κ2) is 3.68. The van der Waals surface area contributed by atoms with Crippen molar-refractivity contribution in [3.63, 3.8) is 0 Å². The Morgan fingerprint density at radius 1 is 1.73 bits per heavy atom. The number of hydrogen-bond donors (Lipinski definition) is 1. The quantitative estimate of drug-likeness (QED) is 0.632. The molecule has 5 heteroatoms. The minimum atomic E-state index is -0.404. The SMILES string of the molecule is N#CC(N)CCn1cncn1. The molecular weight excluding hydrogens is 142 g/mol. The van der Waals surface area contributed by atoms with Crippen molar-refractivity contribution in [3.05, 3.63) is 12.7 Å². The minimum Gasteiger partial charge on any atom is -0.316 e. The lowest BCUT2D eigenvalue weighted by atomic mass is 10.2. The van der Waals surface area contributed by atoms with E-state index < -0.39 is 6.04 Å². The molecule has 0 aromatic carbocycles. The summed E-state index contributed by atoms with van der Waals surface area (Å²) in [6.07, 6.45) is 3.67. The number of hydrogen-bond acceptors (Lipinski definition) is 4. The summed E-state index contributed by atoms with van der Waals surface area (Å²) in [6, 6.07) is 1.54. The highest BCUT2D eigenvalue weighted by Gasteiger charge is 1.99. The first-order chi connectivity index (χ1) is 5.33. The van der Waals surface area contributed by atoms with Gasteiger partial charge in [0, 0.05) is 6.54 Å². The predicted octanol–water partition coefficient (Wildman–Crippen LogP) is -0.481. The van der Waals surface area contributed by atoms with E-state index in [-0.39, 0.29) is 0 Å². The largest absolute Gasteiger partial charge is 0.316 e. The van der Waals surface area contributed by atoms with E-state index in [1.165, 1.54) is 6.33 Å². The summed E-state index contributed by atoms with van der Waals surface area (Å²) in [7, 11) is 0. The van der Waals surface area contributed by atoms with Gasteiger partial charge in [-0.2, -0.15) is 10.4 Å². The molecule has 1 heterocycles. The fourth-order valence-corrected chi connectivity index (χ4v) is 0.684. The molecule has 1 aromatic heterocycles. The number of aryl methyl sites for hydroxylation is 1. The average molecular weight is 151 g/mol. The molecule has 0 aliphatic rings. The topological polar surface area (TPSA) is 80.5 Å². The summed E-state index contributed by atoms with van der Waals surface area (Å²) in [5.41, 5.74) is 5.37. The van der Waals surface area contributed by atoms with Gasteiger partial charge in [-0.15, -0.1) is 0 Å². The van der Waals surface area contributed by atoms with Gasteiger partial charge >= 0.3 is 0 Å². The molecule has 2 N–H and O–H groups in total. The molecule has 5 nitrogen and oxygen atoms in total. The lowest BCUT2D eigenvalue weighted by molar-refractivity contribution is 0.553. The summed E-state index contributed by atoms with van der Waals surface area (Å²) in [5.74, 6) is 0. The van der Waals surface area contributed by atoms with Crippen LogP contribution in [0, 0.1) is 11.3 Å². The number of nitrogens with two attached hydrogens (primary N) is 1. The van der Waals surface area contributed by atoms with Crippen molar-refractivity contribution in [1.82, 2.24) is 14.8 Å². The molecule has 11 heavy (non-hydrogen) atoms. The fourth-order valence-electron chi connectivity index (χ4n) is 0.684. The van der Waals surface area contributed by atoms with Crippen molar-refractivity contribution >= 4 is 0 Å². The van der Waals surface area contributed by atoms with Crippen molar-refractivity contribution in [3.8, 4) is 6.07 Å². The zero-order chi connectivity index (χ0) is 8.10. The van der Waals surface area contributed by atoms with Gasteiger partial charge in [0.25, 0.3) is 0 Å². The molecule has 0 aliphatic carbocycles. The summed E-state index contributed by atoms with van der Waals surface area (Å²) in [5, 5.41) is 12.2. The van der Waals surface area contributed by atoms with E-state index >= 15 is 0 Å². The second-order valence-corrected chi connectivity index (χ2v) is 2.18. The van der Waals surface area contributed by atoms with Crippen molar-refractivity contribution in [1.29, 1.82) is 5.26 Å². The number of nitriles is 1. The molecule has 0 aliphatic heterocycles. The maximum absolute atomic E-state index is 8.34. The van der Waals surface area contributed by atoms with E-state index in [1.807, 2.05) is 6.07 Å². The molecule has 0 saturated heterocycles. The fraction of sp³-hybridized carbons (Fsp3) is 0.500. The Morgan fingerprint density at radius 2 is 2.55 bits per heavy atom. The van der Waals surface area contributed by atoms with Crippen molar-refractivity contribution in [2.75, 3.05) is 0 Å². The molecule has 1 aromatic rings. The van der Waals surface area contributed by atoms with E-state index in [1.54, 1.807) is 11.0 Å². The van der Waals surface area contributed by atoms with Gasteiger partial charge in [0.15, 0.2) is 0 Å². The Balaban J connectivity index is 2.30. The van der Waals surface area contributed by atoms with Gasteiger partial charge in [0.2, 0.25) is 0 Å². The Morgan fingerprint density at radius 3 is 3.09 bits per heavy atom. The summed E-state index contributed by atoms with van der Waals surface area (Å²) >= 11 is 0. The number of rotatable bonds is 3. The molecule has 0 radical (unpaired) electrons. The molecule has 58 valence electrons. The van der Waals surface area contributed by atoms with Gasteiger partial charge < -0.3 is 5.73 Å². The second-order valence-electron chi connectivity index (χ2n) is 2.18. The zero-order valence-electron chi connectivity index (χ0n) is 6.01. The Bertz CT molecular complexity index is 234. The van der Waals surface area contributed by atoms with Crippen LogP contribution in [0.1, 0.15) is 6.42 Å². The lowest BCUT2D eigenvalue weighted by Crippen LogP contribution is -2.19. The zero-order valence-corrected chi connectivity index (χ0v) is 6.01. The van der Waals surface area contributed by atoms with Crippen LogP contribution in [-0.2, 0) is 6.54 Å². The van der Waals surface area contributed by atoms with Crippen LogP contribution >= 0.6 is 0 Å². The first-order valence-corrected chi connectivity index (χ1v) is 3.30. The van der Waals surface area contributed by atoms with E-state index in [0.717, 1.165) is 0 Å². The lowest BCUT2D eigenvalue weighted by Gasteiger charge is -2.00. The smallest absolute Gasteiger partial charge is 0.137 e. The number of aromatic nitrogens is 3. The molecule has 1 atom stereocenters. The molecule has 0 spiro atoms. The minimum absolute atomic E-state index is 0.404. The highest BCUT2D eigenvalue weighted by atomic mass is 15.3. The summed E-state index contributed by atoms with van der Waals surface area (Å²) in [6.45, 7) is 0.648. The monoisotopic (exact) mass is 151 g/mol. The predicted molar refractivity (Wildman–Crippen MR) is 38.2 cm³/mol. The number of nitrogens with zero attached hydrogens (tertiary/aromatic N) is 4. The Labute approximate surface area is 64.5 Å². The van der Waals surface area contributed by atoms with Crippen molar-refractivity contribution in [2.24, 2.45) is 5.73 Å². The standard InChI is InChI=1S/C6H9N5/c7-3-6(8)1-2-11-5-9-4-10-11/h4-6H,1-2,8H2. The van der Waals surface area contributed by atoms with Crippen LogP contribution in [0.25, 0.3) is 0 Å². The highest BCUT2D eigenvalue weighted by molar-refractivity contribution is 4.85. The van der Waals surface area contributed by atoms with Crippen molar-refractivity contribution < 1.29 is 0 Å². The molecule has 0 amide bonds. The Kier molecular flexibility index (Phi) is 2.58. The summed E-state index contributed by atoms with van der Waals surface area (Å²) in [4.78, 5) is 3.75. The van der Waals surface area contributed by atoms with E-state index in [4.69, 9.17) is 11.0 Å². The first kappa shape index (κ1) is 7.69. The molecule has 0 saturated carbocycles. The third-order valence-electron chi connectivity index (χ3n) is 1.30. The molecule has 0 bridgehead atoms. The van der Waals surface area contributed by atoms with Gasteiger partial charge in [-0.1, -0.05) is 0 Å². The van der Waals surface area contributed by atoms with Crippen molar-refractivity contribution in [2.45, 2.75) is 19.0 Å².